The summed E-state index contributed by atoms with van der Waals surface area (Å²) in [7, 11) is 0. The number of hydrogen-bond acceptors (Lipinski definition) is 7. The van der Waals surface area contributed by atoms with Crippen LogP contribution in [-0.2, 0) is 17.9 Å². The average Bonchev–Trinajstić information content (AvgIpc) is 3.59. The van der Waals surface area contributed by atoms with Crippen molar-refractivity contribution < 1.29 is 9.90 Å². The van der Waals surface area contributed by atoms with Crippen LogP contribution in [0, 0.1) is 5.41 Å². The number of nitrogens with one attached hydrogen (secondary N) is 3. The highest BCUT2D eigenvalue weighted by atomic mass is 16.3. The number of nitrogen functional groups attached to an aromatic ring is 2. The number of nitrogens with zero attached hydrogens (tertiary/aromatic N) is 2. The maximum absolute atomic E-state index is 13.1. The first kappa shape index (κ1) is 21.9. The van der Waals surface area contributed by atoms with Crippen molar-refractivity contribution in [3.63, 3.8) is 0 Å². The molecule has 0 unspecified atom stereocenters. The molecular formula is C23H25N7O3. The SMILES string of the molecule is N=C(N)c1ccc(CNC(=O)Cn2c(-c3cc(N)cc(O)c3)cnc(NC3CC3)c2=O)cc1. The van der Waals surface area contributed by atoms with Gasteiger partial charge in [0.1, 0.15) is 18.1 Å². The molecule has 8 N–H and O–H groups in total. The van der Waals surface area contributed by atoms with E-state index in [2.05, 4.69) is 15.6 Å². The molecule has 4 rings (SSSR count). The third-order valence-corrected chi connectivity index (χ3v) is 5.26. The highest BCUT2D eigenvalue weighted by Gasteiger charge is 2.24. The molecule has 0 aliphatic heterocycles. The van der Waals surface area contributed by atoms with Crippen LogP contribution < -0.4 is 27.7 Å². The summed E-state index contributed by atoms with van der Waals surface area (Å²) in [5.41, 5.74) is 13.5. The van der Waals surface area contributed by atoms with Gasteiger partial charge in [0, 0.05) is 35.5 Å². The molecule has 3 aromatic rings. The number of amides is 1. The number of carbonyl (C=O) groups excluding carboxylic acids is 1. The van der Waals surface area contributed by atoms with E-state index in [0.29, 0.717) is 22.5 Å². The molecule has 0 saturated heterocycles. The van der Waals surface area contributed by atoms with Gasteiger partial charge in [-0.15, -0.1) is 0 Å². The Bertz CT molecular complexity index is 1240. The maximum Gasteiger partial charge on any atom is 0.294 e. The van der Waals surface area contributed by atoms with Crippen LogP contribution >= 0.6 is 0 Å². The number of nitrogens with two attached hydrogens (primary N) is 2. The Balaban J connectivity index is 1.58. The van der Waals surface area contributed by atoms with E-state index in [9.17, 15) is 14.7 Å². The number of hydrogen-bond donors (Lipinski definition) is 6. The van der Waals surface area contributed by atoms with Gasteiger partial charge in [-0.05, 0) is 30.5 Å². The predicted octanol–water partition coefficient (Wildman–Crippen LogP) is 1.37. The number of aromatic nitrogens is 2. The smallest absolute Gasteiger partial charge is 0.294 e. The fourth-order valence-corrected chi connectivity index (χ4v) is 3.38. The Hall–Kier alpha value is -4.34. The first-order valence-electron chi connectivity index (χ1n) is 10.5. The Morgan fingerprint density at radius 2 is 1.94 bits per heavy atom. The molecule has 0 atom stereocenters. The number of phenolic OH excluding ortho intramolecular Hbond substituents is 1. The molecule has 0 spiro atoms. The molecule has 1 aliphatic rings. The van der Waals surface area contributed by atoms with Crippen LogP contribution in [0.1, 0.15) is 24.0 Å². The molecule has 1 aromatic heterocycles. The Labute approximate surface area is 189 Å². The standard InChI is InChI=1S/C23H25N7O3/c24-16-7-15(8-18(31)9-16)19-11-28-22(29-17-5-6-17)23(33)30(19)12-20(32)27-10-13-1-3-14(4-2-13)21(25)26/h1-4,7-9,11,17,31H,5-6,10,12,24H2,(H3,25,26)(H,27,32)(H,28,29). The molecule has 10 heteroatoms. The van der Waals surface area contributed by atoms with Crippen LogP contribution in [0.4, 0.5) is 11.5 Å². The molecular weight excluding hydrogens is 422 g/mol. The first-order valence-corrected chi connectivity index (χ1v) is 10.5. The van der Waals surface area contributed by atoms with E-state index in [4.69, 9.17) is 16.9 Å². The van der Waals surface area contributed by atoms with E-state index in [1.165, 1.54) is 22.9 Å². The largest absolute Gasteiger partial charge is 0.508 e. The van der Waals surface area contributed by atoms with Crippen LogP contribution in [0.3, 0.4) is 0 Å². The van der Waals surface area contributed by atoms with Crippen molar-refractivity contribution in [2.45, 2.75) is 32.0 Å². The van der Waals surface area contributed by atoms with E-state index in [1.807, 2.05) is 0 Å². The number of rotatable bonds is 8. The molecule has 2 aromatic carbocycles. The zero-order valence-electron chi connectivity index (χ0n) is 17.8. The number of anilines is 2. The van der Waals surface area contributed by atoms with Gasteiger partial charge in [0.2, 0.25) is 5.91 Å². The summed E-state index contributed by atoms with van der Waals surface area (Å²) in [6.07, 6.45) is 3.43. The monoisotopic (exact) mass is 447 g/mol. The van der Waals surface area contributed by atoms with Gasteiger partial charge in [-0.3, -0.25) is 19.6 Å². The predicted molar refractivity (Wildman–Crippen MR) is 126 cm³/mol. The quantitative estimate of drug-likeness (QED) is 0.172. The minimum Gasteiger partial charge on any atom is -0.508 e. The van der Waals surface area contributed by atoms with Gasteiger partial charge in [-0.25, -0.2) is 4.98 Å². The summed E-state index contributed by atoms with van der Waals surface area (Å²) in [5, 5.41) is 23.3. The summed E-state index contributed by atoms with van der Waals surface area (Å²) in [5.74, 6) is -0.270. The summed E-state index contributed by atoms with van der Waals surface area (Å²) in [4.78, 5) is 30.1. The fourth-order valence-electron chi connectivity index (χ4n) is 3.38. The molecule has 170 valence electrons. The van der Waals surface area contributed by atoms with Crippen LogP contribution in [-0.4, -0.2) is 32.4 Å². The highest BCUT2D eigenvalue weighted by Crippen LogP contribution is 2.27. The van der Waals surface area contributed by atoms with Gasteiger partial charge in [0.25, 0.3) is 5.56 Å². The van der Waals surface area contributed by atoms with Crippen molar-refractivity contribution in [3.8, 4) is 17.0 Å². The number of benzene rings is 2. The molecule has 1 heterocycles. The number of carbonyl (C=O) groups is 1. The van der Waals surface area contributed by atoms with Crippen molar-refractivity contribution in [2.75, 3.05) is 11.1 Å². The molecule has 1 aliphatic carbocycles. The second-order valence-corrected chi connectivity index (χ2v) is 8.00. The number of aromatic hydroxyl groups is 1. The Morgan fingerprint density at radius 3 is 2.58 bits per heavy atom. The maximum atomic E-state index is 13.1. The van der Waals surface area contributed by atoms with Crippen LogP contribution in [0.2, 0.25) is 0 Å². The molecule has 1 amide bonds. The minimum atomic E-state index is -0.428. The van der Waals surface area contributed by atoms with Crippen LogP contribution in [0.25, 0.3) is 11.3 Å². The van der Waals surface area contributed by atoms with E-state index >= 15 is 0 Å². The average molecular weight is 447 g/mol. The second kappa shape index (κ2) is 9.03. The molecule has 1 saturated carbocycles. The van der Waals surface area contributed by atoms with Gasteiger partial charge >= 0.3 is 0 Å². The van der Waals surface area contributed by atoms with Crippen LogP contribution in [0.5, 0.6) is 5.75 Å². The second-order valence-electron chi connectivity index (χ2n) is 8.00. The minimum absolute atomic E-state index is 0.0293. The van der Waals surface area contributed by atoms with Gasteiger partial charge in [-0.2, -0.15) is 0 Å². The van der Waals surface area contributed by atoms with Crippen molar-refractivity contribution in [2.24, 2.45) is 5.73 Å². The third-order valence-electron chi connectivity index (χ3n) is 5.26. The zero-order chi connectivity index (χ0) is 23.5. The molecule has 10 nitrogen and oxygen atoms in total. The highest BCUT2D eigenvalue weighted by molar-refractivity contribution is 5.94. The molecule has 0 radical (unpaired) electrons. The van der Waals surface area contributed by atoms with Crippen molar-refractivity contribution >= 4 is 23.2 Å². The Kier molecular flexibility index (Phi) is 5.99. The van der Waals surface area contributed by atoms with Crippen molar-refractivity contribution in [1.82, 2.24) is 14.9 Å². The topological polar surface area (TPSA) is 172 Å². The van der Waals surface area contributed by atoms with E-state index in [0.717, 1.165) is 18.4 Å². The normalized spacial score (nSPS) is 12.8. The van der Waals surface area contributed by atoms with Gasteiger partial charge in [-0.1, -0.05) is 24.3 Å². The molecule has 33 heavy (non-hydrogen) atoms. The lowest BCUT2D eigenvalue weighted by Crippen LogP contribution is -2.34. The zero-order valence-corrected chi connectivity index (χ0v) is 17.8. The van der Waals surface area contributed by atoms with Crippen molar-refractivity contribution in [1.29, 1.82) is 5.41 Å². The summed E-state index contributed by atoms with van der Waals surface area (Å²) in [6.45, 7) is 0.00949. The van der Waals surface area contributed by atoms with Crippen molar-refractivity contribution in [3.05, 3.63) is 70.1 Å². The lowest BCUT2D eigenvalue weighted by atomic mass is 10.1. The molecule has 0 bridgehead atoms. The van der Waals surface area contributed by atoms with Gasteiger partial charge in [0.05, 0.1) is 11.9 Å². The van der Waals surface area contributed by atoms with E-state index in [-0.39, 0.29) is 42.4 Å². The van der Waals surface area contributed by atoms with Gasteiger partial charge < -0.3 is 27.2 Å². The van der Waals surface area contributed by atoms with E-state index in [1.54, 1.807) is 30.3 Å². The fraction of sp³-hybridized carbons (Fsp3) is 0.217. The van der Waals surface area contributed by atoms with Gasteiger partial charge in [0.15, 0.2) is 5.82 Å². The molecule has 1 fully saturated rings. The number of phenols is 1. The lowest BCUT2D eigenvalue weighted by Gasteiger charge is -2.15. The summed E-state index contributed by atoms with van der Waals surface area (Å²) >= 11 is 0. The third kappa shape index (κ3) is 5.29. The lowest BCUT2D eigenvalue weighted by molar-refractivity contribution is -0.121. The van der Waals surface area contributed by atoms with Crippen LogP contribution in [0.15, 0.2) is 53.5 Å². The van der Waals surface area contributed by atoms with E-state index < -0.39 is 5.56 Å². The summed E-state index contributed by atoms with van der Waals surface area (Å²) < 4.78 is 1.32. The Morgan fingerprint density at radius 1 is 1.21 bits per heavy atom. The number of amidine groups is 1. The first-order chi connectivity index (χ1) is 15.8. The summed E-state index contributed by atoms with van der Waals surface area (Å²) in [6, 6.07) is 11.6.